The number of unbranched alkanes of at least 4 members (excludes halogenated alkanes) is 1. The number of thiazole rings is 1. The van der Waals surface area contributed by atoms with E-state index in [2.05, 4.69) is 18.8 Å². The van der Waals surface area contributed by atoms with Crippen LogP contribution >= 0.6 is 11.3 Å². The summed E-state index contributed by atoms with van der Waals surface area (Å²) in [6, 6.07) is 3.81. The maximum Gasteiger partial charge on any atom is 0.330 e. The largest absolute Gasteiger partial charge is 0.459 e. The summed E-state index contributed by atoms with van der Waals surface area (Å²) in [5.41, 5.74) is 6.58. The molecule has 0 amide bonds. The summed E-state index contributed by atoms with van der Waals surface area (Å²) in [5, 5.41) is 2.76. The molecule has 9 heteroatoms. The molecule has 0 aromatic carbocycles. The van der Waals surface area contributed by atoms with Gasteiger partial charge in [0.15, 0.2) is 10.8 Å². The van der Waals surface area contributed by atoms with E-state index < -0.39 is 11.2 Å². The molecule has 0 saturated carbocycles. The van der Waals surface area contributed by atoms with E-state index in [4.69, 9.17) is 15.1 Å². The maximum absolute atomic E-state index is 12.8. The van der Waals surface area contributed by atoms with Crippen molar-refractivity contribution in [1.29, 1.82) is 0 Å². The van der Waals surface area contributed by atoms with Gasteiger partial charge in [-0.3, -0.25) is 14.3 Å². The molecule has 0 aliphatic rings. The third-order valence-electron chi connectivity index (χ3n) is 5.10. The average Bonchev–Trinajstić information content (AvgIpc) is 3.34. The number of nitrogens with zero attached hydrogens (tertiary/aromatic N) is 3. The van der Waals surface area contributed by atoms with Crippen LogP contribution in [0.15, 0.2) is 31.5 Å². The third kappa shape index (κ3) is 5.46. The molecule has 0 aliphatic heterocycles. The van der Waals surface area contributed by atoms with Crippen molar-refractivity contribution in [1.82, 2.24) is 14.5 Å². The molecular formula is C22H31N5O3S. The molecule has 168 valence electrons. The van der Waals surface area contributed by atoms with Gasteiger partial charge >= 0.3 is 5.69 Å². The summed E-state index contributed by atoms with van der Waals surface area (Å²) in [4.78, 5) is 34.2. The molecule has 31 heavy (non-hydrogen) atoms. The van der Waals surface area contributed by atoms with Crippen LogP contribution in [0.3, 0.4) is 0 Å². The zero-order valence-electron chi connectivity index (χ0n) is 18.6. The minimum Gasteiger partial charge on any atom is -0.459 e. The van der Waals surface area contributed by atoms with Crippen LogP contribution < -0.4 is 21.9 Å². The number of aromatic nitrogens is 3. The number of H-pyrrole nitrogens is 1. The highest BCUT2D eigenvalue weighted by Crippen LogP contribution is 2.27. The van der Waals surface area contributed by atoms with Crippen molar-refractivity contribution in [3.05, 3.63) is 49.8 Å². The zero-order valence-corrected chi connectivity index (χ0v) is 19.4. The van der Waals surface area contributed by atoms with Gasteiger partial charge in [0.1, 0.15) is 17.3 Å². The van der Waals surface area contributed by atoms with Crippen LogP contribution in [0.25, 0.3) is 10.8 Å². The first-order valence-electron chi connectivity index (χ1n) is 10.7. The predicted octanol–water partition coefficient (Wildman–Crippen LogP) is 4.00. The summed E-state index contributed by atoms with van der Waals surface area (Å²) >= 11 is 1.50. The highest BCUT2D eigenvalue weighted by molar-refractivity contribution is 7.13. The van der Waals surface area contributed by atoms with E-state index in [0.717, 1.165) is 41.5 Å². The molecule has 0 atom stereocenters. The van der Waals surface area contributed by atoms with Crippen LogP contribution in [-0.2, 0) is 13.1 Å². The fourth-order valence-electron chi connectivity index (χ4n) is 3.34. The lowest BCUT2D eigenvalue weighted by Crippen LogP contribution is -2.39. The fraction of sp³-hybridized carbons (Fsp3) is 0.500. The van der Waals surface area contributed by atoms with Crippen molar-refractivity contribution in [2.45, 2.75) is 60.0 Å². The number of nitrogens with two attached hydrogens (primary N) is 1. The quantitative estimate of drug-likeness (QED) is 0.488. The predicted molar refractivity (Wildman–Crippen MR) is 126 cm³/mol. The minimum absolute atomic E-state index is 0.211. The van der Waals surface area contributed by atoms with Gasteiger partial charge in [0, 0.05) is 18.5 Å². The number of nitrogen functional groups attached to an aromatic ring is 1. The number of hydrogen-bond donors (Lipinski definition) is 2. The Bertz CT molecular complexity index is 1120. The highest BCUT2D eigenvalue weighted by atomic mass is 32.1. The molecule has 0 bridgehead atoms. The summed E-state index contributed by atoms with van der Waals surface area (Å²) < 4.78 is 7.14. The summed E-state index contributed by atoms with van der Waals surface area (Å²) in [6.07, 6.45) is 2.60. The van der Waals surface area contributed by atoms with Crippen LogP contribution in [-0.4, -0.2) is 21.1 Å². The van der Waals surface area contributed by atoms with E-state index >= 15 is 0 Å². The van der Waals surface area contributed by atoms with Gasteiger partial charge in [0.2, 0.25) is 0 Å². The van der Waals surface area contributed by atoms with Gasteiger partial charge in [-0.1, -0.05) is 27.2 Å². The van der Waals surface area contributed by atoms with E-state index in [1.54, 1.807) is 0 Å². The van der Waals surface area contributed by atoms with Crippen molar-refractivity contribution in [3.8, 4) is 10.8 Å². The smallest absolute Gasteiger partial charge is 0.330 e. The molecule has 3 N–H and O–H groups in total. The summed E-state index contributed by atoms with van der Waals surface area (Å²) in [7, 11) is 0. The van der Waals surface area contributed by atoms with E-state index in [1.807, 2.05) is 36.3 Å². The normalized spacial score (nSPS) is 11.4. The van der Waals surface area contributed by atoms with Crippen molar-refractivity contribution in [3.63, 3.8) is 0 Å². The maximum atomic E-state index is 12.8. The topological polar surface area (TPSA) is 110 Å². The molecule has 0 unspecified atom stereocenters. The van der Waals surface area contributed by atoms with Gasteiger partial charge in [-0.05, 0) is 37.8 Å². The van der Waals surface area contributed by atoms with Crippen molar-refractivity contribution in [2.24, 2.45) is 5.92 Å². The van der Waals surface area contributed by atoms with Crippen molar-refractivity contribution < 1.29 is 4.42 Å². The zero-order chi connectivity index (χ0) is 22.5. The molecule has 8 nitrogen and oxygen atoms in total. The molecule has 0 aliphatic carbocycles. The Morgan fingerprint density at radius 1 is 1.32 bits per heavy atom. The lowest BCUT2D eigenvalue weighted by atomic mass is 10.1. The average molecular weight is 446 g/mol. The monoisotopic (exact) mass is 445 g/mol. The van der Waals surface area contributed by atoms with E-state index in [-0.39, 0.29) is 5.82 Å². The molecule has 3 aromatic rings. The summed E-state index contributed by atoms with van der Waals surface area (Å²) in [6.45, 7) is 9.73. The van der Waals surface area contributed by atoms with E-state index in [0.29, 0.717) is 31.2 Å². The van der Waals surface area contributed by atoms with Crippen LogP contribution in [0.4, 0.5) is 11.5 Å². The fourth-order valence-corrected chi connectivity index (χ4v) is 4.11. The van der Waals surface area contributed by atoms with Crippen LogP contribution in [0, 0.1) is 12.8 Å². The Morgan fingerprint density at radius 3 is 2.74 bits per heavy atom. The lowest BCUT2D eigenvalue weighted by Gasteiger charge is -2.26. The molecule has 3 rings (SSSR count). The van der Waals surface area contributed by atoms with E-state index in [9.17, 15) is 9.59 Å². The number of hydrogen-bond acceptors (Lipinski definition) is 7. The Hall–Kier alpha value is -2.81. The third-order valence-corrected chi connectivity index (χ3v) is 6.00. The second kappa shape index (κ2) is 10.00. The second-order valence-electron chi connectivity index (χ2n) is 8.16. The first kappa shape index (κ1) is 22.9. The number of aryl methyl sites for hydroxylation is 1. The molecule has 3 aromatic heterocycles. The van der Waals surface area contributed by atoms with Gasteiger partial charge in [-0.2, -0.15) is 0 Å². The first-order valence-corrected chi connectivity index (χ1v) is 11.6. The highest BCUT2D eigenvalue weighted by Gasteiger charge is 2.21. The molecule has 0 saturated heterocycles. The number of rotatable bonds is 10. The lowest BCUT2D eigenvalue weighted by molar-refractivity contribution is 0.547. The standard InChI is InChI=1S/C22H31N5O3S/c1-5-6-10-27-19(23)18(20(28)25-22(27)29)26(11-9-14(2)3)12-16-13-31-21(24-16)17-8-7-15(4)30-17/h7-8,13-14H,5-6,9-12,23H2,1-4H3,(H,25,28,29). The minimum atomic E-state index is -0.465. The number of anilines is 2. The van der Waals surface area contributed by atoms with E-state index in [1.165, 1.54) is 15.9 Å². The van der Waals surface area contributed by atoms with Gasteiger partial charge in [-0.25, -0.2) is 9.78 Å². The summed E-state index contributed by atoms with van der Waals surface area (Å²) in [5.74, 6) is 2.22. The van der Waals surface area contributed by atoms with Gasteiger partial charge < -0.3 is 15.1 Å². The van der Waals surface area contributed by atoms with Crippen molar-refractivity contribution in [2.75, 3.05) is 17.2 Å². The molecule has 0 fully saturated rings. The Kier molecular flexibility index (Phi) is 7.37. The molecule has 0 spiro atoms. The van der Waals surface area contributed by atoms with Crippen molar-refractivity contribution >= 4 is 22.8 Å². The Labute approximate surface area is 185 Å². The van der Waals surface area contributed by atoms with Crippen LogP contribution in [0.2, 0.25) is 0 Å². The first-order chi connectivity index (χ1) is 14.8. The second-order valence-corrected chi connectivity index (χ2v) is 9.01. The Balaban J connectivity index is 1.95. The molecular weight excluding hydrogens is 414 g/mol. The van der Waals surface area contributed by atoms with Gasteiger partial charge in [0.05, 0.1) is 12.2 Å². The number of nitrogens with one attached hydrogen (secondary N) is 1. The Morgan fingerprint density at radius 2 is 2.10 bits per heavy atom. The SMILES string of the molecule is CCCCn1c(N)c(N(CCC(C)C)Cc2csc(-c3ccc(C)o3)n2)c(=O)[nH]c1=O. The number of aromatic amines is 1. The molecule has 3 heterocycles. The van der Waals surface area contributed by atoms with Crippen LogP contribution in [0.5, 0.6) is 0 Å². The number of furan rings is 1. The van der Waals surface area contributed by atoms with Gasteiger partial charge in [-0.15, -0.1) is 11.3 Å². The van der Waals surface area contributed by atoms with Gasteiger partial charge in [0.25, 0.3) is 5.56 Å². The van der Waals surface area contributed by atoms with Crippen LogP contribution in [0.1, 0.15) is 51.5 Å². The molecule has 0 radical (unpaired) electrons.